The lowest BCUT2D eigenvalue weighted by Crippen LogP contribution is -2.09. The van der Waals surface area contributed by atoms with Gasteiger partial charge in [-0.25, -0.2) is 0 Å². The summed E-state index contributed by atoms with van der Waals surface area (Å²) in [5.41, 5.74) is 2.75. The Bertz CT molecular complexity index is 386. The lowest BCUT2D eigenvalue weighted by molar-refractivity contribution is 0.581. The molecule has 1 atom stereocenters. The molecule has 0 aliphatic rings. The van der Waals surface area contributed by atoms with Gasteiger partial charge in [0.15, 0.2) is 0 Å². The molecule has 1 aromatic rings. The fourth-order valence-electron chi connectivity index (χ4n) is 1.32. The van der Waals surface area contributed by atoms with E-state index in [9.17, 15) is 4.57 Å². The maximum Gasteiger partial charge on any atom is 0.146 e. The van der Waals surface area contributed by atoms with E-state index >= 15 is 0 Å². The van der Waals surface area contributed by atoms with Crippen LogP contribution in [-0.4, -0.2) is 5.66 Å². The molecular weight excluding hydrogens is 191 g/mol. The van der Waals surface area contributed by atoms with Crippen LogP contribution in [0.3, 0.4) is 0 Å². The van der Waals surface area contributed by atoms with E-state index in [1.165, 1.54) is 0 Å². The molecule has 0 saturated carbocycles. The van der Waals surface area contributed by atoms with Gasteiger partial charge in [-0.15, -0.1) is 5.73 Å². The second-order valence-electron chi connectivity index (χ2n) is 3.47. The highest BCUT2D eigenvalue weighted by Crippen LogP contribution is 2.50. The minimum absolute atomic E-state index is 0.0964. The summed E-state index contributed by atoms with van der Waals surface area (Å²) in [6, 6.07) is 9.53. The Morgan fingerprint density at radius 1 is 1.36 bits per heavy atom. The molecule has 74 valence electrons. The Morgan fingerprint density at radius 3 is 2.36 bits per heavy atom. The third-order valence-electron chi connectivity index (χ3n) is 2.21. The molecule has 0 fully saturated rings. The topological polar surface area (TPSA) is 17.1 Å². The van der Waals surface area contributed by atoms with E-state index < -0.39 is 7.14 Å². The molecule has 0 aliphatic heterocycles. The van der Waals surface area contributed by atoms with Gasteiger partial charge in [-0.2, -0.15) is 0 Å². The van der Waals surface area contributed by atoms with Crippen molar-refractivity contribution >= 4 is 12.4 Å². The van der Waals surface area contributed by atoms with Crippen molar-refractivity contribution in [2.75, 3.05) is 0 Å². The molecule has 0 unspecified atom stereocenters. The second kappa shape index (κ2) is 4.46. The van der Waals surface area contributed by atoms with Gasteiger partial charge in [-0.05, 0) is 0 Å². The lowest BCUT2D eigenvalue weighted by Gasteiger charge is -2.17. The zero-order chi connectivity index (χ0) is 10.6. The van der Waals surface area contributed by atoms with Gasteiger partial charge in [-0.3, -0.25) is 0 Å². The van der Waals surface area contributed by atoms with Crippen LogP contribution in [-0.2, 0) is 4.57 Å². The molecule has 1 rings (SSSR count). The maximum absolute atomic E-state index is 12.6. The molecule has 0 radical (unpaired) electrons. The SMILES string of the molecule is C=C=C[P@@](=O)(c1ccccc1)C(C)C. The summed E-state index contributed by atoms with van der Waals surface area (Å²) in [4.78, 5) is 0. The third-order valence-corrected chi connectivity index (χ3v) is 5.42. The van der Waals surface area contributed by atoms with E-state index in [1.807, 2.05) is 44.2 Å². The average Bonchev–Trinajstić information content (AvgIpc) is 2.19. The standard InChI is InChI=1S/C12H15OP/c1-4-10-14(13,11(2)3)12-8-6-5-7-9-12/h5-11H,1H2,2-3H3/t14-/m0/s1. The Kier molecular flexibility index (Phi) is 3.52. The van der Waals surface area contributed by atoms with Gasteiger partial charge in [0.05, 0.1) is 0 Å². The highest BCUT2D eigenvalue weighted by atomic mass is 31.2. The molecule has 2 heteroatoms. The molecule has 0 aromatic heterocycles. The summed E-state index contributed by atoms with van der Waals surface area (Å²) in [5, 5.41) is 0.881. The number of rotatable bonds is 3. The molecule has 0 spiro atoms. The first-order valence-corrected chi connectivity index (χ1v) is 6.48. The Morgan fingerprint density at radius 2 is 1.93 bits per heavy atom. The third kappa shape index (κ3) is 2.07. The van der Waals surface area contributed by atoms with Crippen LogP contribution < -0.4 is 5.30 Å². The summed E-state index contributed by atoms with van der Waals surface area (Å²) in [6.45, 7) is 7.42. The van der Waals surface area contributed by atoms with Crippen molar-refractivity contribution in [1.29, 1.82) is 0 Å². The number of hydrogen-bond donors (Lipinski definition) is 0. The maximum atomic E-state index is 12.6. The molecule has 0 N–H and O–H groups in total. The molecule has 1 nitrogen and oxygen atoms in total. The fourth-order valence-corrected chi connectivity index (χ4v) is 3.27. The van der Waals surface area contributed by atoms with Crippen molar-refractivity contribution in [1.82, 2.24) is 0 Å². The summed E-state index contributed by atoms with van der Waals surface area (Å²) in [7, 11) is -2.44. The van der Waals surface area contributed by atoms with E-state index in [0.29, 0.717) is 0 Å². The van der Waals surface area contributed by atoms with E-state index in [2.05, 4.69) is 12.3 Å². The van der Waals surface area contributed by atoms with Crippen molar-refractivity contribution in [2.24, 2.45) is 0 Å². The van der Waals surface area contributed by atoms with E-state index in [1.54, 1.807) is 5.82 Å². The summed E-state index contributed by atoms with van der Waals surface area (Å²) in [5.74, 6) is 1.62. The van der Waals surface area contributed by atoms with E-state index in [0.717, 1.165) is 5.30 Å². The number of benzene rings is 1. The highest BCUT2D eigenvalue weighted by Gasteiger charge is 2.25. The first-order valence-electron chi connectivity index (χ1n) is 4.63. The van der Waals surface area contributed by atoms with Crippen LogP contribution in [0.4, 0.5) is 0 Å². The average molecular weight is 206 g/mol. The van der Waals surface area contributed by atoms with Gasteiger partial charge in [0.25, 0.3) is 0 Å². The van der Waals surface area contributed by atoms with Crippen molar-refractivity contribution in [3.63, 3.8) is 0 Å². The van der Waals surface area contributed by atoms with Gasteiger partial charge in [0.2, 0.25) is 0 Å². The Hall–Kier alpha value is -1.03. The summed E-state index contributed by atoms with van der Waals surface area (Å²) >= 11 is 0. The molecule has 0 saturated heterocycles. The van der Waals surface area contributed by atoms with Crippen LogP contribution >= 0.6 is 7.14 Å². The summed E-state index contributed by atoms with van der Waals surface area (Å²) in [6.07, 6.45) is 0. The lowest BCUT2D eigenvalue weighted by atomic mass is 10.4. The Balaban J connectivity index is 3.27. The van der Waals surface area contributed by atoms with Crippen molar-refractivity contribution in [3.8, 4) is 0 Å². The second-order valence-corrected chi connectivity index (χ2v) is 6.70. The number of hydrogen-bond acceptors (Lipinski definition) is 1. The van der Waals surface area contributed by atoms with Crippen LogP contribution in [0.2, 0.25) is 0 Å². The summed E-state index contributed by atoms with van der Waals surface area (Å²) < 4.78 is 12.6. The first kappa shape index (κ1) is 11.0. The Labute approximate surface area is 85.5 Å². The highest BCUT2D eigenvalue weighted by molar-refractivity contribution is 7.75. The van der Waals surface area contributed by atoms with Crippen LogP contribution in [0.15, 0.2) is 48.5 Å². The first-order chi connectivity index (χ1) is 6.61. The van der Waals surface area contributed by atoms with E-state index in [4.69, 9.17) is 0 Å². The van der Waals surface area contributed by atoms with Crippen LogP contribution in [0, 0.1) is 0 Å². The van der Waals surface area contributed by atoms with Gasteiger partial charge in [-0.1, -0.05) is 50.8 Å². The molecule has 14 heavy (non-hydrogen) atoms. The quantitative estimate of drug-likeness (QED) is 0.547. The fraction of sp³-hybridized carbons (Fsp3) is 0.250. The largest absolute Gasteiger partial charge is 0.313 e. The van der Waals surface area contributed by atoms with Gasteiger partial charge < -0.3 is 4.57 Å². The van der Waals surface area contributed by atoms with Gasteiger partial charge >= 0.3 is 0 Å². The zero-order valence-corrected chi connectivity index (χ0v) is 9.50. The van der Waals surface area contributed by atoms with Crippen LogP contribution in [0.25, 0.3) is 0 Å². The minimum Gasteiger partial charge on any atom is -0.313 e. The molecule has 0 bridgehead atoms. The van der Waals surface area contributed by atoms with Crippen molar-refractivity contribution < 1.29 is 4.57 Å². The molecule has 0 heterocycles. The van der Waals surface area contributed by atoms with Crippen LogP contribution in [0.5, 0.6) is 0 Å². The van der Waals surface area contributed by atoms with Crippen LogP contribution in [0.1, 0.15) is 13.8 Å². The predicted octanol–water partition coefficient (Wildman–Crippen LogP) is 3.38. The smallest absolute Gasteiger partial charge is 0.146 e. The van der Waals surface area contributed by atoms with Crippen molar-refractivity contribution in [3.05, 3.63) is 48.5 Å². The van der Waals surface area contributed by atoms with E-state index in [-0.39, 0.29) is 5.66 Å². The molecule has 0 aliphatic carbocycles. The molecular formula is C12H15OP. The minimum atomic E-state index is -2.44. The monoisotopic (exact) mass is 206 g/mol. The van der Waals surface area contributed by atoms with Crippen molar-refractivity contribution in [2.45, 2.75) is 19.5 Å². The molecule has 0 amide bonds. The van der Waals surface area contributed by atoms with Gasteiger partial charge in [0.1, 0.15) is 7.14 Å². The predicted molar refractivity (Wildman–Crippen MR) is 62.5 cm³/mol. The molecule has 1 aromatic carbocycles. The normalized spacial score (nSPS) is 14.5. The zero-order valence-electron chi connectivity index (χ0n) is 8.60. The van der Waals surface area contributed by atoms with Gasteiger partial charge in [0, 0.05) is 16.8 Å².